The van der Waals surface area contributed by atoms with Gasteiger partial charge in [-0.25, -0.2) is 0 Å². The summed E-state index contributed by atoms with van der Waals surface area (Å²) in [5.41, 5.74) is 1.09. The van der Waals surface area contributed by atoms with Gasteiger partial charge in [-0.1, -0.05) is 38.9 Å². The second-order valence-electron chi connectivity index (χ2n) is 3.61. The molecule has 1 heterocycles. The molecule has 1 aromatic rings. The summed E-state index contributed by atoms with van der Waals surface area (Å²) < 4.78 is 0. The summed E-state index contributed by atoms with van der Waals surface area (Å²) in [6.07, 6.45) is 2.70. The fourth-order valence-electron chi connectivity index (χ4n) is 1.58. The van der Waals surface area contributed by atoms with E-state index in [0.29, 0.717) is 5.92 Å². The summed E-state index contributed by atoms with van der Waals surface area (Å²) in [6.45, 7) is 4.47. The minimum Gasteiger partial charge on any atom is -0.669 e. The van der Waals surface area contributed by atoms with Crippen molar-refractivity contribution in [3.8, 4) is 0 Å². The molecule has 2 nitrogen and oxygen atoms in total. The molecular weight excluding hydrogens is 231 g/mol. The summed E-state index contributed by atoms with van der Waals surface area (Å²) in [5, 5.41) is 12.1. The van der Waals surface area contributed by atoms with Gasteiger partial charge in [0.1, 0.15) is 0 Å². The van der Waals surface area contributed by atoms with E-state index in [2.05, 4.69) is 41.3 Å². The Kier molecular flexibility index (Phi) is 9.83. The summed E-state index contributed by atoms with van der Waals surface area (Å²) >= 11 is 1.70. The van der Waals surface area contributed by atoms with Crippen LogP contribution in [0.2, 0.25) is 0 Å². The first-order valence-corrected chi connectivity index (χ1v) is 6.12. The zero-order valence-electron chi connectivity index (χ0n) is 10.2. The van der Waals surface area contributed by atoms with Gasteiger partial charge in [0.15, 0.2) is 0 Å². The van der Waals surface area contributed by atoms with Crippen molar-refractivity contribution >= 4 is 17.0 Å². The summed E-state index contributed by atoms with van der Waals surface area (Å²) in [5.74, 6) is 0.602. The molecule has 4 heteroatoms. The molecule has 0 saturated carbocycles. The van der Waals surface area contributed by atoms with Crippen molar-refractivity contribution in [1.29, 1.82) is 0 Å². The molecule has 0 aliphatic carbocycles. The van der Waals surface area contributed by atoms with Crippen molar-refractivity contribution in [3.63, 3.8) is 0 Å². The third-order valence-corrected chi connectivity index (χ3v) is 3.04. The van der Waals surface area contributed by atoms with Gasteiger partial charge in [0.2, 0.25) is 0 Å². The van der Waals surface area contributed by atoms with Crippen LogP contribution in [0.3, 0.4) is 0 Å². The Morgan fingerprint density at radius 1 is 1.53 bits per heavy atom. The van der Waals surface area contributed by atoms with E-state index in [1.54, 1.807) is 11.3 Å². The van der Waals surface area contributed by atoms with Crippen LogP contribution < -0.4 is 56.7 Å². The fraction of sp³-hybridized carbons (Fsp3) is 0.636. The second-order valence-corrected chi connectivity index (χ2v) is 4.39. The fourth-order valence-corrected chi connectivity index (χ4v) is 2.16. The third-order valence-electron chi connectivity index (χ3n) is 2.37. The molecule has 80 valence electrons. The van der Waals surface area contributed by atoms with Crippen molar-refractivity contribution in [2.45, 2.75) is 32.9 Å². The van der Waals surface area contributed by atoms with E-state index in [-0.39, 0.29) is 57.6 Å². The van der Waals surface area contributed by atoms with Crippen LogP contribution in [-0.4, -0.2) is 13.2 Å². The Morgan fingerprint density at radius 2 is 2.27 bits per heavy atom. The Bertz CT molecular complexity index is 239. The Balaban J connectivity index is 0.00000196. The van der Waals surface area contributed by atoms with Crippen LogP contribution in [0.5, 0.6) is 0 Å². The Morgan fingerprint density at radius 3 is 2.73 bits per heavy atom. The van der Waals surface area contributed by atoms with E-state index in [4.69, 9.17) is 0 Å². The molecule has 0 aliphatic heterocycles. The predicted molar refractivity (Wildman–Crippen MR) is 64.3 cm³/mol. The third kappa shape index (κ3) is 5.82. The molecule has 0 aliphatic rings. The van der Waals surface area contributed by atoms with Crippen molar-refractivity contribution < 1.29 is 51.4 Å². The van der Waals surface area contributed by atoms with Crippen molar-refractivity contribution in [3.05, 3.63) is 22.1 Å². The molecule has 2 unspecified atom stereocenters. The number of thiophene rings is 1. The molecule has 0 saturated heterocycles. The number of hydrogen-bond acceptors (Lipinski definition) is 2. The Hall–Kier alpha value is 1.10. The van der Waals surface area contributed by atoms with E-state index in [1.807, 2.05) is 7.05 Å². The molecule has 1 N–H and O–H groups in total. The van der Waals surface area contributed by atoms with Crippen LogP contribution in [0, 0.1) is 5.92 Å². The molecule has 0 spiro atoms. The van der Waals surface area contributed by atoms with Crippen LogP contribution in [0.1, 0.15) is 26.7 Å². The zero-order valence-corrected chi connectivity index (χ0v) is 14.1. The molecule has 15 heavy (non-hydrogen) atoms. The monoisotopic (exact) mass is 250 g/mol. The van der Waals surface area contributed by atoms with Crippen LogP contribution >= 0.6 is 11.3 Å². The molecule has 2 atom stereocenters. The zero-order chi connectivity index (χ0) is 10.4. The first-order chi connectivity index (χ1) is 6.77. The number of rotatable bonds is 6. The van der Waals surface area contributed by atoms with Crippen molar-refractivity contribution in [2.75, 3.05) is 7.05 Å². The second kappa shape index (κ2) is 9.16. The Labute approximate surface area is 140 Å². The van der Waals surface area contributed by atoms with Gasteiger partial charge in [0, 0.05) is 0 Å². The maximum Gasteiger partial charge on any atom is 1.00 e. The average molecular weight is 250 g/mol. The summed E-state index contributed by atoms with van der Waals surface area (Å²) in [4.78, 5) is 0. The predicted octanol–water partition coefficient (Wildman–Crippen LogP) is 0.739. The number of nitrogens with one attached hydrogen (secondary N) is 1. The maximum atomic E-state index is 4.65. The number of nitrogens with zero attached hydrogens (tertiary/aromatic N) is 1. The minimum absolute atomic E-state index is 0. The van der Waals surface area contributed by atoms with E-state index >= 15 is 0 Å². The van der Waals surface area contributed by atoms with Gasteiger partial charge in [-0.05, 0) is 23.7 Å². The van der Waals surface area contributed by atoms with Gasteiger partial charge in [-0.15, -0.1) is 5.69 Å². The van der Waals surface area contributed by atoms with E-state index in [1.165, 1.54) is 12.8 Å². The quantitative estimate of drug-likeness (QED) is 0.741. The van der Waals surface area contributed by atoms with E-state index < -0.39 is 0 Å². The molecular formula is C11H19KN2S. The summed E-state index contributed by atoms with van der Waals surface area (Å²) in [6, 6.07) is 2.06. The molecule has 0 fully saturated rings. The SMILES string of the molecule is CCCC(C)C([N-]c1ccsc1)NC.[K+]. The molecule has 0 bridgehead atoms. The average Bonchev–Trinajstić information content (AvgIpc) is 2.66. The molecule has 1 rings (SSSR count). The molecule has 0 radical (unpaired) electrons. The van der Waals surface area contributed by atoms with E-state index in [0.717, 1.165) is 5.69 Å². The normalized spacial score (nSPS) is 14.1. The first kappa shape index (κ1) is 16.1. The summed E-state index contributed by atoms with van der Waals surface area (Å²) in [7, 11) is 1.98. The van der Waals surface area contributed by atoms with Crippen LogP contribution in [0.4, 0.5) is 5.69 Å². The van der Waals surface area contributed by atoms with Gasteiger partial charge in [-0.3, -0.25) is 0 Å². The van der Waals surface area contributed by atoms with Crippen LogP contribution in [-0.2, 0) is 0 Å². The van der Waals surface area contributed by atoms with Gasteiger partial charge in [0.05, 0.1) is 0 Å². The van der Waals surface area contributed by atoms with Gasteiger partial charge < -0.3 is 10.6 Å². The van der Waals surface area contributed by atoms with Gasteiger partial charge in [-0.2, -0.15) is 11.3 Å². The van der Waals surface area contributed by atoms with Gasteiger partial charge in [0.25, 0.3) is 0 Å². The van der Waals surface area contributed by atoms with Crippen molar-refractivity contribution in [1.82, 2.24) is 5.32 Å². The van der Waals surface area contributed by atoms with Crippen LogP contribution in [0.25, 0.3) is 5.32 Å². The largest absolute Gasteiger partial charge is 1.00 e. The molecule has 0 amide bonds. The first-order valence-electron chi connectivity index (χ1n) is 5.18. The minimum atomic E-state index is 0. The standard InChI is InChI=1S/C11H19N2S.K/c1-4-5-9(2)11(12-3)13-10-6-7-14-8-10;/h6-9,11-12H,4-5H2,1-3H3;/q-1;+1. The van der Waals surface area contributed by atoms with Crippen molar-refractivity contribution in [2.24, 2.45) is 5.92 Å². The van der Waals surface area contributed by atoms with Gasteiger partial charge >= 0.3 is 51.4 Å². The van der Waals surface area contributed by atoms with Crippen LogP contribution in [0.15, 0.2) is 16.8 Å². The van der Waals surface area contributed by atoms with E-state index in [9.17, 15) is 0 Å². The smallest absolute Gasteiger partial charge is 0.669 e. The molecule has 1 aromatic heterocycles. The topological polar surface area (TPSA) is 26.1 Å². The number of hydrogen-bond donors (Lipinski definition) is 1. The molecule has 0 aromatic carbocycles. The maximum absolute atomic E-state index is 4.65.